The predicted octanol–water partition coefficient (Wildman–Crippen LogP) is 1.10. The summed E-state index contributed by atoms with van der Waals surface area (Å²) in [6, 6.07) is 2.58. The minimum Gasteiger partial charge on any atom is -0.391 e. The Kier molecular flexibility index (Phi) is 5.79. The summed E-state index contributed by atoms with van der Waals surface area (Å²) in [6.07, 6.45) is 7.08. The van der Waals surface area contributed by atoms with Gasteiger partial charge in [-0.15, -0.1) is 5.10 Å². The molecule has 1 saturated carbocycles. The van der Waals surface area contributed by atoms with E-state index in [2.05, 4.69) is 25.5 Å². The summed E-state index contributed by atoms with van der Waals surface area (Å²) < 4.78 is 1.65. The smallest absolute Gasteiger partial charge is 0.248 e. The fourth-order valence-corrected chi connectivity index (χ4v) is 4.96. The lowest BCUT2D eigenvalue weighted by atomic mass is 9.85. The molecule has 182 valence electrons. The van der Waals surface area contributed by atoms with E-state index in [1.807, 2.05) is 39.1 Å². The highest BCUT2D eigenvalue weighted by atomic mass is 16.3. The van der Waals surface area contributed by atoms with Gasteiger partial charge in [-0.3, -0.25) is 14.6 Å². The molecule has 2 aromatic rings. The van der Waals surface area contributed by atoms with Gasteiger partial charge in [-0.25, -0.2) is 4.68 Å². The van der Waals surface area contributed by atoms with E-state index in [0.29, 0.717) is 19.0 Å². The van der Waals surface area contributed by atoms with Crippen molar-refractivity contribution in [3.63, 3.8) is 0 Å². The van der Waals surface area contributed by atoms with Gasteiger partial charge in [0.05, 0.1) is 17.8 Å². The summed E-state index contributed by atoms with van der Waals surface area (Å²) in [5.41, 5.74) is 1.54. The number of hydrogen-bond donors (Lipinski definition) is 2. The number of β-amino-alcohol motifs (C(OH)–C–C–N with tert-alkyl or cyclic N) is 1. The van der Waals surface area contributed by atoms with Gasteiger partial charge in [0.1, 0.15) is 12.1 Å². The first-order valence-corrected chi connectivity index (χ1v) is 12.1. The van der Waals surface area contributed by atoms with Crippen LogP contribution < -0.4 is 10.2 Å². The third-order valence-electron chi connectivity index (χ3n) is 6.96. The molecular formula is C24H33N7O3. The van der Waals surface area contributed by atoms with Gasteiger partial charge in [-0.05, 0) is 30.4 Å². The van der Waals surface area contributed by atoms with E-state index < -0.39 is 23.6 Å². The van der Waals surface area contributed by atoms with E-state index in [9.17, 15) is 14.7 Å². The normalized spacial score (nSPS) is 24.1. The van der Waals surface area contributed by atoms with Crippen LogP contribution in [0.2, 0.25) is 0 Å². The zero-order chi connectivity index (χ0) is 24.0. The average molecular weight is 468 g/mol. The number of aromatic nitrogens is 4. The van der Waals surface area contributed by atoms with E-state index in [1.165, 1.54) is 4.90 Å². The van der Waals surface area contributed by atoms with Crippen LogP contribution in [0.3, 0.4) is 0 Å². The van der Waals surface area contributed by atoms with Crippen LogP contribution in [-0.2, 0) is 9.59 Å². The molecule has 2 aromatic heterocycles. The zero-order valence-corrected chi connectivity index (χ0v) is 20.0. The summed E-state index contributed by atoms with van der Waals surface area (Å²) in [5, 5.41) is 22.0. The number of rotatable bonds is 6. The van der Waals surface area contributed by atoms with Crippen molar-refractivity contribution in [2.24, 2.45) is 5.41 Å². The lowest BCUT2D eigenvalue weighted by Crippen LogP contribution is -2.62. The molecule has 1 aliphatic carbocycles. The summed E-state index contributed by atoms with van der Waals surface area (Å²) in [5.74, 6) is 0.0171. The molecule has 3 aliphatic rings. The largest absolute Gasteiger partial charge is 0.391 e. The Balaban J connectivity index is 1.27. The fourth-order valence-electron chi connectivity index (χ4n) is 4.96. The van der Waals surface area contributed by atoms with Crippen LogP contribution in [0, 0.1) is 5.41 Å². The molecule has 2 unspecified atom stereocenters. The first kappa shape index (κ1) is 22.8. The third-order valence-corrected chi connectivity index (χ3v) is 6.96. The molecule has 2 N–H and O–H groups in total. The number of amides is 2. The number of nitrogens with one attached hydrogen (secondary N) is 1. The summed E-state index contributed by atoms with van der Waals surface area (Å²) in [7, 11) is 0. The summed E-state index contributed by atoms with van der Waals surface area (Å²) >= 11 is 0. The monoisotopic (exact) mass is 467 g/mol. The van der Waals surface area contributed by atoms with Crippen LogP contribution in [0.15, 0.2) is 30.7 Å². The number of nitrogens with zero attached hydrogens (tertiary/aromatic N) is 6. The summed E-state index contributed by atoms with van der Waals surface area (Å²) in [4.78, 5) is 34.7. The first-order valence-electron chi connectivity index (χ1n) is 12.1. The van der Waals surface area contributed by atoms with Gasteiger partial charge in [-0.2, -0.15) is 0 Å². The van der Waals surface area contributed by atoms with Gasteiger partial charge < -0.3 is 20.2 Å². The molecule has 4 heterocycles. The Bertz CT molecular complexity index is 1040. The van der Waals surface area contributed by atoms with Crippen LogP contribution in [0.1, 0.15) is 57.7 Å². The van der Waals surface area contributed by atoms with Gasteiger partial charge in [0, 0.05) is 56.3 Å². The average Bonchev–Trinajstić information content (AvgIpc) is 3.37. The molecule has 2 aliphatic heterocycles. The van der Waals surface area contributed by atoms with Crippen molar-refractivity contribution in [2.45, 2.75) is 70.2 Å². The molecule has 0 bridgehead atoms. The number of aliphatic hydroxyl groups excluding tert-OH is 1. The molecular weight excluding hydrogens is 434 g/mol. The van der Waals surface area contributed by atoms with Crippen molar-refractivity contribution in [3.8, 4) is 0 Å². The maximum Gasteiger partial charge on any atom is 0.248 e. The molecule has 0 spiro atoms. The Morgan fingerprint density at radius 1 is 1.15 bits per heavy atom. The lowest BCUT2D eigenvalue weighted by molar-refractivity contribution is -0.144. The highest BCUT2D eigenvalue weighted by Gasteiger charge is 2.46. The SMILES string of the molecule is CC(C)(C)[C@@H](C(=O)N1CC(O)CC1C(=O)NC1CN(c2ccncc2)C1)n1cc(C2CC2)nn1. The maximum atomic E-state index is 13.8. The van der Waals surface area contributed by atoms with Crippen molar-refractivity contribution in [3.05, 3.63) is 36.4 Å². The number of likely N-dealkylation sites (tertiary alicyclic amines) is 1. The topological polar surface area (TPSA) is 116 Å². The molecule has 34 heavy (non-hydrogen) atoms. The van der Waals surface area contributed by atoms with Crippen LogP contribution in [-0.4, -0.2) is 79.6 Å². The number of pyridine rings is 1. The molecule has 10 nitrogen and oxygen atoms in total. The second kappa shape index (κ2) is 8.65. The van der Waals surface area contributed by atoms with E-state index in [1.54, 1.807) is 17.1 Å². The predicted molar refractivity (Wildman–Crippen MR) is 125 cm³/mol. The standard InChI is InChI=1S/C24H33N7O3/c1-24(2,3)21(31-14-19(27-28-31)15-4-5-15)23(34)30-13-18(32)10-20(30)22(33)26-16-11-29(12-16)17-6-8-25-9-7-17/h6-9,14-16,18,20-21,32H,4-5,10-13H2,1-3H3,(H,26,33)/t18?,20?,21-/m1/s1. The quantitative estimate of drug-likeness (QED) is 0.654. The Hall–Kier alpha value is -3.01. The van der Waals surface area contributed by atoms with Gasteiger partial charge in [0.2, 0.25) is 11.8 Å². The van der Waals surface area contributed by atoms with Crippen LogP contribution in [0.5, 0.6) is 0 Å². The Morgan fingerprint density at radius 3 is 2.50 bits per heavy atom. The van der Waals surface area contributed by atoms with E-state index in [0.717, 1.165) is 24.2 Å². The first-order chi connectivity index (χ1) is 16.2. The van der Waals surface area contributed by atoms with Crippen molar-refractivity contribution < 1.29 is 14.7 Å². The highest BCUT2D eigenvalue weighted by Crippen LogP contribution is 2.40. The van der Waals surface area contributed by atoms with E-state index >= 15 is 0 Å². The molecule has 2 amide bonds. The number of carbonyl (C=O) groups excluding carboxylic acids is 2. The van der Waals surface area contributed by atoms with Gasteiger partial charge in [0.15, 0.2) is 0 Å². The molecule has 2 saturated heterocycles. The number of hydrogen-bond acceptors (Lipinski definition) is 7. The van der Waals surface area contributed by atoms with Crippen molar-refractivity contribution in [2.75, 3.05) is 24.5 Å². The Morgan fingerprint density at radius 2 is 1.85 bits per heavy atom. The van der Waals surface area contributed by atoms with Gasteiger partial charge in [0.25, 0.3) is 0 Å². The number of carbonyl (C=O) groups is 2. The second-order valence-electron chi connectivity index (χ2n) is 10.9. The molecule has 10 heteroatoms. The van der Waals surface area contributed by atoms with Crippen molar-refractivity contribution in [1.82, 2.24) is 30.2 Å². The van der Waals surface area contributed by atoms with Crippen molar-refractivity contribution in [1.29, 1.82) is 0 Å². The van der Waals surface area contributed by atoms with Crippen molar-refractivity contribution >= 4 is 17.5 Å². The molecule has 5 rings (SSSR count). The minimum atomic E-state index is -0.729. The molecule has 3 fully saturated rings. The zero-order valence-electron chi connectivity index (χ0n) is 20.0. The third kappa shape index (κ3) is 4.51. The molecule has 0 aromatic carbocycles. The molecule has 3 atom stereocenters. The number of anilines is 1. The number of aliphatic hydroxyl groups is 1. The van der Waals surface area contributed by atoms with Gasteiger partial charge in [-0.1, -0.05) is 26.0 Å². The highest BCUT2D eigenvalue weighted by molar-refractivity contribution is 5.90. The van der Waals surface area contributed by atoms with Crippen LogP contribution in [0.25, 0.3) is 0 Å². The van der Waals surface area contributed by atoms with Crippen LogP contribution >= 0.6 is 0 Å². The van der Waals surface area contributed by atoms with E-state index in [4.69, 9.17) is 0 Å². The van der Waals surface area contributed by atoms with Crippen LogP contribution in [0.4, 0.5) is 5.69 Å². The summed E-state index contributed by atoms with van der Waals surface area (Å²) in [6.45, 7) is 7.49. The Labute approximate surface area is 199 Å². The maximum absolute atomic E-state index is 13.8. The lowest BCUT2D eigenvalue weighted by Gasteiger charge is -2.42. The fraction of sp³-hybridized carbons (Fsp3) is 0.625. The van der Waals surface area contributed by atoms with E-state index in [-0.39, 0.29) is 30.8 Å². The van der Waals surface area contributed by atoms with Gasteiger partial charge >= 0.3 is 0 Å². The second-order valence-corrected chi connectivity index (χ2v) is 10.9. The molecule has 0 radical (unpaired) electrons. The minimum absolute atomic E-state index is 0.00480.